The molecule has 4 nitrogen and oxygen atoms in total. The van der Waals surface area contributed by atoms with Crippen molar-refractivity contribution in [2.45, 2.75) is 32.6 Å². The molecule has 0 unspecified atom stereocenters. The number of carboxylic acid groups (broad SMARTS) is 1. The normalized spacial score (nSPS) is 14.1. The summed E-state index contributed by atoms with van der Waals surface area (Å²) in [4.78, 5) is 24.7. The molecule has 1 aliphatic rings. The lowest BCUT2D eigenvalue weighted by Crippen LogP contribution is -2.29. The molecule has 0 saturated carbocycles. The van der Waals surface area contributed by atoms with Gasteiger partial charge in [-0.1, -0.05) is 12.1 Å². The smallest absolute Gasteiger partial charge is 0.303 e. The molecule has 1 heterocycles. The summed E-state index contributed by atoms with van der Waals surface area (Å²) in [5.41, 5.74) is 3.04. The number of ketones is 1. The highest BCUT2D eigenvalue weighted by Gasteiger charge is 2.17. The lowest BCUT2D eigenvalue weighted by atomic mass is 9.97. The molecule has 0 spiro atoms. The fourth-order valence-electron chi connectivity index (χ4n) is 2.52. The number of hydrogen-bond acceptors (Lipinski definition) is 3. The number of fused-ring (bicyclic) bond motifs is 1. The Kier molecular flexibility index (Phi) is 4.20. The molecule has 2 rings (SSSR count). The van der Waals surface area contributed by atoms with Crippen LogP contribution in [0.4, 0.5) is 5.69 Å². The minimum Gasteiger partial charge on any atom is -0.481 e. The van der Waals surface area contributed by atoms with Crippen LogP contribution in [0.5, 0.6) is 0 Å². The van der Waals surface area contributed by atoms with Crippen molar-refractivity contribution in [3.05, 3.63) is 29.3 Å². The minimum absolute atomic E-state index is 0.0697. The summed E-state index contributed by atoms with van der Waals surface area (Å²) in [5.74, 6) is -1.02. The van der Waals surface area contributed by atoms with E-state index in [4.69, 9.17) is 5.11 Å². The second-order valence-electron chi connectivity index (χ2n) is 4.84. The molecule has 0 atom stereocenters. The van der Waals surface area contributed by atoms with Crippen LogP contribution in [-0.2, 0) is 11.2 Å². The first-order valence-corrected chi connectivity index (χ1v) is 6.74. The van der Waals surface area contributed by atoms with E-state index in [0.29, 0.717) is 5.56 Å². The average molecular weight is 261 g/mol. The Morgan fingerprint density at radius 1 is 1.32 bits per heavy atom. The van der Waals surface area contributed by atoms with Gasteiger partial charge in [0.2, 0.25) is 0 Å². The van der Waals surface area contributed by atoms with Crippen molar-refractivity contribution < 1.29 is 14.7 Å². The molecule has 1 aliphatic heterocycles. The Balaban J connectivity index is 2.19. The number of rotatable bonds is 5. The molecule has 1 aromatic rings. The maximum atomic E-state index is 11.9. The van der Waals surface area contributed by atoms with Crippen LogP contribution in [0.3, 0.4) is 0 Å². The number of aliphatic carboxylic acids is 1. The van der Waals surface area contributed by atoms with Crippen molar-refractivity contribution in [3.8, 4) is 0 Å². The fourth-order valence-corrected chi connectivity index (χ4v) is 2.52. The number of carbonyl (C=O) groups excluding carboxylic acids is 1. The van der Waals surface area contributed by atoms with Crippen LogP contribution >= 0.6 is 0 Å². The van der Waals surface area contributed by atoms with Gasteiger partial charge in [0.1, 0.15) is 0 Å². The van der Waals surface area contributed by atoms with Crippen molar-refractivity contribution in [1.82, 2.24) is 0 Å². The van der Waals surface area contributed by atoms with Gasteiger partial charge in [-0.2, -0.15) is 0 Å². The van der Waals surface area contributed by atoms with E-state index in [0.717, 1.165) is 31.6 Å². The molecular weight excluding hydrogens is 242 g/mol. The van der Waals surface area contributed by atoms with Crippen molar-refractivity contribution in [3.63, 3.8) is 0 Å². The van der Waals surface area contributed by atoms with Crippen LogP contribution < -0.4 is 4.90 Å². The summed E-state index contributed by atoms with van der Waals surface area (Å²) in [6, 6.07) is 5.75. The van der Waals surface area contributed by atoms with Crippen LogP contribution in [0.2, 0.25) is 0 Å². The van der Waals surface area contributed by atoms with Gasteiger partial charge in [-0.05, 0) is 31.4 Å². The average Bonchev–Trinajstić information content (AvgIpc) is 2.43. The maximum Gasteiger partial charge on any atom is 0.303 e. The van der Waals surface area contributed by atoms with E-state index in [1.807, 2.05) is 18.2 Å². The van der Waals surface area contributed by atoms with Gasteiger partial charge in [0.25, 0.3) is 0 Å². The lowest BCUT2D eigenvalue weighted by Gasteiger charge is -2.30. The number of Topliss-reactive ketones (excluding diaryl/α,β-unsaturated/α-hetero) is 1. The maximum absolute atomic E-state index is 11.9. The molecule has 1 N–H and O–H groups in total. The summed E-state index contributed by atoms with van der Waals surface area (Å²) in [6.07, 6.45) is 2.16. The fraction of sp³-hybridized carbons (Fsp3) is 0.467. The van der Waals surface area contributed by atoms with E-state index in [-0.39, 0.29) is 18.6 Å². The van der Waals surface area contributed by atoms with Crippen molar-refractivity contribution in [2.75, 3.05) is 18.0 Å². The molecule has 0 aliphatic carbocycles. The highest BCUT2D eigenvalue weighted by Crippen LogP contribution is 2.28. The zero-order chi connectivity index (χ0) is 13.8. The third kappa shape index (κ3) is 3.13. The molecule has 0 amide bonds. The third-order valence-electron chi connectivity index (χ3n) is 3.57. The molecule has 4 heteroatoms. The number of carboxylic acids is 1. The number of carbonyl (C=O) groups is 2. The van der Waals surface area contributed by atoms with E-state index >= 15 is 0 Å². The Labute approximate surface area is 113 Å². The summed E-state index contributed by atoms with van der Waals surface area (Å²) in [7, 11) is 0. The van der Waals surface area contributed by atoms with Crippen LogP contribution in [0.1, 0.15) is 42.1 Å². The monoisotopic (exact) mass is 261 g/mol. The molecular formula is C15H19NO3. The summed E-state index contributed by atoms with van der Waals surface area (Å²) >= 11 is 0. The van der Waals surface area contributed by atoms with Gasteiger partial charge in [0.15, 0.2) is 5.78 Å². The topological polar surface area (TPSA) is 57.6 Å². The van der Waals surface area contributed by atoms with E-state index < -0.39 is 5.97 Å². The number of aryl methyl sites for hydroxylation is 1. The van der Waals surface area contributed by atoms with Gasteiger partial charge in [-0.25, -0.2) is 0 Å². The zero-order valence-electron chi connectivity index (χ0n) is 11.2. The number of anilines is 1. The first-order chi connectivity index (χ1) is 9.11. The Morgan fingerprint density at radius 3 is 2.79 bits per heavy atom. The Hall–Kier alpha value is -1.84. The lowest BCUT2D eigenvalue weighted by molar-refractivity contribution is -0.136. The van der Waals surface area contributed by atoms with Gasteiger partial charge < -0.3 is 10.0 Å². The SMILES string of the molecule is CCN1CCCc2ccc(C(=O)CCC(=O)O)cc21. The molecule has 0 bridgehead atoms. The second-order valence-corrected chi connectivity index (χ2v) is 4.84. The van der Waals surface area contributed by atoms with Gasteiger partial charge >= 0.3 is 5.97 Å². The van der Waals surface area contributed by atoms with E-state index in [1.165, 1.54) is 5.56 Å². The van der Waals surface area contributed by atoms with Crippen LogP contribution in [-0.4, -0.2) is 29.9 Å². The zero-order valence-corrected chi connectivity index (χ0v) is 11.2. The molecule has 1 aromatic carbocycles. The highest BCUT2D eigenvalue weighted by atomic mass is 16.4. The first-order valence-electron chi connectivity index (χ1n) is 6.74. The Bertz CT molecular complexity index is 496. The molecule has 102 valence electrons. The van der Waals surface area contributed by atoms with Crippen molar-refractivity contribution >= 4 is 17.4 Å². The standard InChI is InChI=1S/C15H19NO3/c1-2-16-9-3-4-11-5-6-12(10-13(11)16)14(17)7-8-15(18)19/h5-6,10H,2-4,7-9H2,1H3,(H,18,19). The summed E-state index contributed by atoms with van der Waals surface area (Å²) in [5, 5.41) is 8.62. The largest absolute Gasteiger partial charge is 0.481 e. The molecule has 0 radical (unpaired) electrons. The Morgan fingerprint density at radius 2 is 2.11 bits per heavy atom. The predicted octanol–water partition coefficient (Wildman–Crippen LogP) is 2.51. The minimum atomic E-state index is -0.929. The van der Waals surface area contributed by atoms with Gasteiger partial charge in [-0.15, -0.1) is 0 Å². The summed E-state index contributed by atoms with van der Waals surface area (Å²) in [6.45, 7) is 4.06. The van der Waals surface area contributed by atoms with Gasteiger partial charge in [0, 0.05) is 30.8 Å². The van der Waals surface area contributed by atoms with E-state index in [9.17, 15) is 9.59 Å². The van der Waals surface area contributed by atoms with Crippen LogP contribution in [0.15, 0.2) is 18.2 Å². The van der Waals surface area contributed by atoms with Crippen molar-refractivity contribution in [1.29, 1.82) is 0 Å². The van der Waals surface area contributed by atoms with Crippen LogP contribution in [0, 0.1) is 0 Å². The number of nitrogens with zero attached hydrogens (tertiary/aromatic N) is 1. The van der Waals surface area contributed by atoms with E-state index in [2.05, 4.69) is 11.8 Å². The van der Waals surface area contributed by atoms with Crippen LogP contribution in [0.25, 0.3) is 0 Å². The highest BCUT2D eigenvalue weighted by molar-refractivity contribution is 5.98. The van der Waals surface area contributed by atoms with E-state index in [1.54, 1.807) is 0 Å². The molecule has 19 heavy (non-hydrogen) atoms. The van der Waals surface area contributed by atoms with Crippen molar-refractivity contribution in [2.24, 2.45) is 0 Å². The van der Waals surface area contributed by atoms with Gasteiger partial charge in [-0.3, -0.25) is 9.59 Å². The quantitative estimate of drug-likeness (QED) is 0.827. The van der Waals surface area contributed by atoms with Gasteiger partial charge in [0.05, 0.1) is 6.42 Å². The summed E-state index contributed by atoms with van der Waals surface area (Å²) < 4.78 is 0. The molecule has 0 fully saturated rings. The number of hydrogen-bond donors (Lipinski definition) is 1. The first kappa shape index (κ1) is 13.6. The third-order valence-corrected chi connectivity index (χ3v) is 3.57. The second kappa shape index (κ2) is 5.87. The number of benzene rings is 1. The molecule has 0 saturated heterocycles. The predicted molar refractivity (Wildman–Crippen MR) is 73.9 cm³/mol. The molecule has 0 aromatic heterocycles.